The van der Waals surface area contributed by atoms with Gasteiger partial charge in [-0.25, -0.2) is 8.78 Å². The van der Waals surface area contributed by atoms with Crippen LogP contribution in [0.3, 0.4) is 0 Å². The van der Waals surface area contributed by atoms with Crippen molar-refractivity contribution in [2.24, 2.45) is 0 Å². The highest BCUT2D eigenvalue weighted by molar-refractivity contribution is 5.89. The number of benzene rings is 1. The van der Waals surface area contributed by atoms with E-state index in [1.165, 1.54) is 6.07 Å². The van der Waals surface area contributed by atoms with E-state index in [0.717, 1.165) is 18.6 Å². The highest BCUT2D eigenvalue weighted by atomic mass is 19.1. The summed E-state index contributed by atoms with van der Waals surface area (Å²) in [4.78, 5) is 23.1. The van der Waals surface area contributed by atoms with E-state index in [1.807, 2.05) is 0 Å². The fourth-order valence-electron chi connectivity index (χ4n) is 2.80. The van der Waals surface area contributed by atoms with Crippen molar-refractivity contribution in [2.45, 2.75) is 50.5 Å². The van der Waals surface area contributed by atoms with E-state index in [9.17, 15) is 18.4 Å². The molecule has 6 heteroatoms. The van der Waals surface area contributed by atoms with Gasteiger partial charge in [-0.15, -0.1) is 0 Å². The predicted octanol–water partition coefficient (Wildman–Crippen LogP) is 2.76. The normalized spacial score (nSPS) is 17.4. The van der Waals surface area contributed by atoms with Gasteiger partial charge in [0.05, 0.1) is 5.41 Å². The van der Waals surface area contributed by atoms with E-state index in [-0.39, 0.29) is 23.9 Å². The van der Waals surface area contributed by atoms with Crippen molar-refractivity contribution >= 4 is 11.9 Å². The second-order valence-electron chi connectivity index (χ2n) is 5.87. The molecule has 2 rings (SSSR count). The summed E-state index contributed by atoms with van der Waals surface area (Å²) in [5.41, 5.74) is -0.752. The molecular formula is C16H19F2NO3. The molecule has 1 fully saturated rings. The molecule has 0 saturated heterocycles. The van der Waals surface area contributed by atoms with Gasteiger partial charge in [0.1, 0.15) is 11.6 Å². The van der Waals surface area contributed by atoms with Gasteiger partial charge < -0.3 is 10.4 Å². The number of carboxylic acids is 1. The lowest BCUT2D eigenvalue weighted by molar-refractivity contribution is -0.137. The maximum Gasteiger partial charge on any atom is 0.303 e. The van der Waals surface area contributed by atoms with Crippen LogP contribution in [0.1, 0.15) is 44.6 Å². The van der Waals surface area contributed by atoms with Gasteiger partial charge >= 0.3 is 5.97 Å². The summed E-state index contributed by atoms with van der Waals surface area (Å²) in [5, 5.41) is 11.4. The summed E-state index contributed by atoms with van der Waals surface area (Å²) in [6.45, 7) is 1.72. The molecule has 0 spiro atoms. The molecule has 1 saturated carbocycles. The number of carboxylic acid groups (broad SMARTS) is 1. The van der Waals surface area contributed by atoms with E-state index < -0.39 is 23.0 Å². The van der Waals surface area contributed by atoms with Crippen LogP contribution < -0.4 is 5.32 Å². The van der Waals surface area contributed by atoms with Gasteiger partial charge in [0.2, 0.25) is 5.91 Å². The zero-order valence-electron chi connectivity index (χ0n) is 12.4. The van der Waals surface area contributed by atoms with Crippen molar-refractivity contribution in [2.75, 3.05) is 0 Å². The summed E-state index contributed by atoms with van der Waals surface area (Å²) in [6, 6.07) is 2.95. The Morgan fingerprint density at radius 2 is 2.05 bits per heavy atom. The molecule has 2 N–H and O–H groups in total. The summed E-state index contributed by atoms with van der Waals surface area (Å²) in [5.74, 6) is -2.63. The van der Waals surface area contributed by atoms with E-state index in [2.05, 4.69) is 5.32 Å². The molecule has 1 atom stereocenters. The van der Waals surface area contributed by atoms with E-state index >= 15 is 0 Å². The quantitative estimate of drug-likeness (QED) is 0.849. The Bertz CT molecular complexity index is 585. The van der Waals surface area contributed by atoms with Crippen molar-refractivity contribution in [3.8, 4) is 0 Å². The molecule has 1 amide bonds. The predicted molar refractivity (Wildman–Crippen MR) is 76.4 cm³/mol. The topological polar surface area (TPSA) is 66.4 Å². The maximum absolute atomic E-state index is 14.0. The minimum absolute atomic E-state index is 0.0423. The third-order valence-electron chi connectivity index (χ3n) is 4.26. The van der Waals surface area contributed by atoms with Crippen LogP contribution in [0.2, 0.25) is 0 Å². The van der Waals surface area contributed by atoms with Gasteiger partial charge in [-0.05, 0) is 32.3 Å². The molecule has 0 radical (unpaired) electrons. The number of hydrogen-bond acceptors (Lipinski definition) is 2. The molecule has 0 heterocycles. The lowest BCUT2D eigenvalue weighted by Crippen LogP contribution is -2.52. The number of halogens is 2. The molecule has 1 aliphatic carbocycles. The van der Waals surface area contributed by atoms with Gasteiger partial charge in [-0.1, -0.05) is 12.5 Å². The molecule has 1 aromatic carbocycles. The van der Waals surface area contributed by atoms with E-state index in [1.54, 1.807) is 6.92 Å². The monoisotopic (exact) mass is 311 g/mol. The van der Waals surface area contributed by atoms with Crippen LogP contribution in [0.15, 0.2) is 18.2 Å². The highest BCUT2D eigenvalue weighted by Crippen LogP contribution is 2.45. The van der Waals surface area contributed by atoms with Crippen LogP contribution in [0.4, 0.5) is 8.78 Å². The molecular weight excluding hydrogens is 292 g/mol. The van der Waals surface area contributed by atoms with Gasteiger partial charge in [0, 0.05) is 24.1 Å². The Labute approximate surface area is 127 Å². The van der Waals surface area contributed by atoms with Crippen LogP contribution in [-0.2, 0) is 15.0 Å². The summed E-state index contributed by atoms with van der Waals surface area (Å²) in [6.07, 6.45) is 2.08. The van der Waals surface area contributed by atoms with Crippen molar-refractivity contribution in [1.82, 2.24) is 5.32 Å². The minimum atomic E-state index is -0.963. The first-order valence-electron chi connectivity index (χ1n) is 7.33. The molecule has 0 aromatic heterocycles. The van der Waals surface area contributed by atoms with E-state index in [4.69, 9.17) is 5.11 Å². The minimum Gasteiger partial charge on any atom is -0.481 e. The molecule has 120 valence electrons. The number of carbonyl (C=O) groups is 2. The van der Waals surface area contributed by atoms with Crippen LogP contribution in [0, 0.1) is 11.6 Å². The number of carbonyl (C=O) groups excluding carboxylic acids is 1. The third kappa shape index (κ3) is 3.26. The average Bonchev–Trinajstić information content (AvgIpc) is 2.37. The Kier molecular flexibility index (Phi) is 4.78. The number of hydrogen-bond donors (Lipinski definition) is 2. The van der Waals surface area contributed by atoms with Gasteiger partial charge in [-0.3, -0.25) is 9.59 Å². The number of rotatable bonds is 6. The lowest BCUT2D eigenvalue weighted by atomic mass is 9.63. The van der Waals surface area contributed by atoms with E-state index in [0.29, 0.717) is 19.3 Å². The Balaban J connectivity index is 2.12. The number of amides is 1. The molecule has 1 aliphatic rings. The van der Waals surface area contributed by atoms with Crippen LogP contribution >= 0.6 is 0 Å². The first kappa shape index (κ1) is 16.4. The molecule has 1 aromatic rings. The smallest absolute Gasteiger partial charge is 0.303 e. The first-order chi connectivity index (χ1) is 10.3. The Morgan fingerprint density at radius 1 is 1.36 bits per heavy atom. The average molecular weight is 311 g/mol. The Morgan fingerprint density at radius 3 is 2.55 bits per heavy atom. The molecule has 22 heavy (non-hydrogen) atoms. The van der Waals surface area contributed by atoms with Crippen molar-refractivity contribution in [1.29, 1.82) is 0 Å². The zero-order valence-corrected chi connectivity index (χ0v) is 12.4. The first-order valence-corrected chi connectivity index (χ1v) is 7.33. The number of aliphatic carboxylic acids is 1. The summed E-state index contributed by atoms with van der Waals surface area (Å²) < 4.78 is 27.1. The Hall–Kier alpha value is -1.98. The van der Waals surface area contributed by atoms with Crippen LogP contribution in [-0.4, -0.2) is 23.0 Å². The zero-order chi connectivity index (χ0) is 16.3. The summed E-state index contributed by atoms with van der Waals surface area (Å²) in [7, 11) is 0. The van der Waals surface area contributed by atoms with Gasteiger partial charge in [0.25, 0.3) is 0 Å². The third-order valence-corrected chi connectivity index (χ3v) is 4.26. The summed E-state index contributed by atoms with van der Waals surface area (Å²) >= 11 is 0. The van der Waals surface area contributed by atoms with Crippen molar-refractivity contribution < 1.29 is 23.5 Å². The second-order valence-corrected chi connectivity index (χ2v) is 5.87. The molecule has 0 aliphatic heterocycles. The molecule has 0 bridgehead atoms. The van der Waals surface area contributed by atoms with Gasteiger partial charge in [-0.2, -0.15) is 0 Å². The largest absolute Gasteiger partial charge is 0.481 e. The molecule has 1 unspecified atom stereocenters. The molecule has 4 nitrogen and oxygen atoms in total. The second kappa shape index (κ2) is 6.42. The maximum atomic E-state index is 14.0. The van der Waals surface area contributed by atoms with Crippen molar-refractivity contribution in [3.63, 3.8) is 0 Å². The van der Waals surface area contributed by atoms with Crippen LogP contribution in [0.25, 0.3) is 0 Å². The van der Waals surface area contributed by atoms with Crippen LogP contribution in [0.5, 0.6) is 0 Å². The fraction of sp³-hybridized carbons (Fsp3) is 0.500. The number of nitrogens with one attached hydrogen (secondary N) is 1. The van der Waals surface area contributed by atoms with Crippen molar-refractivity contribution in [3.05, 3.63) is 35.4 Å². The lowest BCUT2D eigenvalue weighted by Gasteiger charge is -2.41. The van der Waals surface area contributed by atoms with Gasteiger partial charge in [0.15, 0.2) is 0 Å². The fourth-order valence-corrected chi connectivity index (χ4v) is 2.80. The standard InChI is InChI=1S/C16H19F2NO3/c1-10(3-6-14(20)21)19-15(22)16(7-2-8-16)12-5-4-11(17)9-13(12)18/h4-5,9-10H,2-3,6-8H2,1H3,(H,19,22)(H,20,21). The highest BCUT2D eigenvalue weighted by Gasteiger charge is 2.47. The SMILES string of the molecule is CC(CCC(=O)O)NC(=O)C1(c2ccc(F)cc2F)CCC1.